The van der Waals surface area contributed by atoms with Crippen LogP contribution in [-0.2, 0) is 24.9 Å². The van der Waals surface area contributed by atoms with Crippen molar-refractivity contribution in [3.63, 3.8) is 0 Å². The predicted octanol–water partition coefficient (Wildman–Crippen LogP) is 2.54. The van der Waals surface area contributed by atoms with Gasteiger partial charge in [0.2, 0.25) is 0 Å². The molecule has 0 fully saturated rings. The topological polar surface area (TPSA) is 101 Å². The Hall–Kier alpha value is -2.74. The summed E-state index contributed by atoms with van der Waals surface area (Å²) in [5.74, 6) is 0.923. The lowest BCUT2D eigenvalue weighted by Gasteiger charge is -2.29. The summed E-state index contributed by atoms with van der Waals surface area (Å²) in [4.78, 5) is 33.2. The number of fused-ring (bicyclic) bond motifs is 1. The number of ether oxygens (including phenoxy) is 1. The second-order valence-electron chi connectivity index (χ2n) is 7.78. The molecule has 1 aromatic heterocycles. The molecule has 0 bridgehead atoms. The highest BCUT2D eigenvalue weighted by Crippen LogP contribution is 2.32. The zero-order chi connectivity index (χ0) is 19.8. The van der Waals surface area contributed by atoms with Gasteiger partial charge in [-0.2, -0.15) is 0 Å². The van der Waals surface area contributed by atoms with Crippen LogP contribution in [-0.4, -0.2) is 33.4 Å². The molecule has 8 nitrogen and oxygen atoms in total. The molecule has 0 spiro atoms. The van der Waals surface area contributed by atoms with Gasteiger partial charge in [0.1, 0.15) is 5.82 Å². The number of nitro groups is 1. The van der Waals surface area contributed by atoms with E-state index in [-0.39, 0.29) is 22.4 Å². The van der Waals surface area contributed by atoms with Crippen molar-refractivity contribution in [2.75, 3.05) is 13.7 Å². The third-order valence-corrected chi connectivity index (χ3v) is 4.74. The minimum absolute atomic E-state index is 0.0269. The van der Waals surface area contributed by atoms with Crippen LogP contribution in [0.25, 0.3) is 0 Å². The minimum atomic E-state index is -0.421. The number of nitrogens with zero attached hydrogens (tertiary/aromatic N) is 3. The van der Waals surface area contributed by atoms with Crippen molar-refractivity contribution < 1.29 is 9.66 Å². The number of hydrogen-bond donors (Lipinski definition) is 1. The van der Waals surface area contributed by atoms with E-state index in [1.807, 2.05) is 25.7 Å². The van der Waals surface area contributed by atoms with Crippen molar-refractivity contribution in [2.45, 2.75) is 45.7 Å². The predicted molar refractivity (Wildman–Crippen MR) is 101 cm³/mol. The number of para-hydroxylation sites is 1. The summed E-state index contributed by atoms with van der Waals surface area (Å²) in [6.45, 7) is 7.49. The maximum Gasteiger partial charge on any atom is 0.315 e. The van der Waals surface area contributed by atoms with Crippen LogP contribution in [0.2, 0.25) is 0 Å². The average Bonchev–Trinajstić information content (AvgIpc) is 2.60. The molecule has 1 N–H and O–H groups in total. The van der Waals surface area contributed by atoms with Crippen molar-refractivity contribution in [3.8, 4) is 5.75 Å². The van der Waals surface area contributed by atoms with Gasteiger partial charge in [0.15, 0.2) is 5.75 Å². The molecule has 1 aromatic carbocycles. The van der Waals surface area contributed by atoms with Crippen molar-refractivity contribution in [2.24, 2.45) is 0 Å². The van der Waals surface area contributed by atoms with Crippen molar-refractivity contribution >= 4 is 5.69 Å². The summed E-state index contributed by atoms with van der Waals surface area (Å²) >= 11 is 0. The fourth-order valence-corrected chi connectivity index (χ4v) is 3.28. The molecule has 27 heavy (non-hydrogen) atoms. The molecule has 0 saturated carbocycles. The number of methoxy groups -OCH3 is 1. The number of aromatic amines is 1. The highest BCUT2D eigenvalue weighted by atomic mass is 16.6. The highest BCUT2D eigenvalue weighted by Gasteiger charge is 2.27. The fraction of sp³-hybridized carbons (Fsp3) is 0.474. The van der Waals surface area contributed by atoms with E-state index >= 15 is 0 Å². The van der Waals surface area contributed by atoms with Crippen LogP contribution in [0.5, 0.6) is 5.75 Å². The molecule has 1 aliphatic rings. The maximum absolute atomic E-state index is 12.6. The molecular formula is C19H24N4O4. The standard InChI is InChI=1S/C19H24N4O4/c1-19(2,3)18-20-14-8-9-22(11-13(14)17(24)21-18)10-12-6-5-7-15(27-4)16(12)23(25)26/h5-7H,8-11H2,1-4H3,(H,20,21,24). The molecule has 2 aromatic rings. The number of hydrogen-bond acceptors (Lipinski definition) is 6. The van der Waals surface area contributed by atoms with Crippen molar-refractivity contribution in [3.05, 3.63) is 61.3 Å². The quantitative estimate of drug-likeness (QED) is 0.654. The lowest BCUT2D eigenvalue weighted by molar-refractivity contribution is -0.386. The van der Waals surface area contributed by atoms with Crippen LogP contribution in [0.4, 0.5) is 5.69 Å². The van der Waals surface area contributed by atoms with Gasteiger partial charge in [-0.25, -0.2) is 4.98 Å². The third-order valence-electron chi connectivity index (χ3n) is 4.74. The van der Waals surface area contributed by atoms with E-state index < -0.39 is 4.92 Å². The number of H-pyrrole nitrogens is 1. The second-order valence-corrected chi connectivity index (χ2v) is 7.78. The number of rotatable bonds is 4. The number of nitro benzene ring substituents is 1. The lowest BCUT2D eigenvalue weighted by atomic mass is 9.95. The molecule has 0 aliphatic carbocycles. The van der Waals surface area contributed by atoms with Crippen LogP contribution in [0, 0.1) is 10.1 Å². The van der Waals surface area contributed by atoms with Crippen LogP contribution in [0.15, 0.2) is 23.0 Å². The molecule has 8 heteroatoms. The first-order valence-corrected chi connectivity index (χ1v) is 8.86. The molecule has 0 radical (unpaired) electrons. The molecule has 144 valence electrons. The zero-order valence-electron chi connectivity index (χ0n) is 16.0. The number of nitrogens with one attached hydrogen (secondary N) is 1. The van der Waals surface area contributed by atoms with Gasteiger partial charge < -0.3 is 9.72 Å². The van der Waals surface area contributed by atoms with Gasteiger partial charge >= 0.3 is 5.69 Å². The second kappa shape index (κ2) is 7.11. The summed E-state index contributed by atoms with van der Waals surface area (Å²) in [6, 6.07) is 5.04. The van der Waals surface area contributed by atoms with Gasteiger partial charge in [-0.1, -0.05) is 32.9 Å². The Balaban J connectivity index is 1.88. The van der Waals surface area contributed by atoms with Crippen molar-refractivity contribution in [1.29, 1.82) is 0 Å². The summed E-state index contributed by atoms with van der Waals surface area (Å²) in [6.07, 6.45) is 0.639. The Morgan fingerprint density at radius 1 is 1.37 bits per heavy atom. The molecule has 0 amide bonds. The Labute approximate surface area is 157 Å². The van der Waals surface area contributed by atoms with E-state index in [0.717, 1.165) is 5.69 Å². The normalized spacial score (nSPS) is 14.7. The smallest absolute Gasteiger partial charge is 0.315 e. The van der Waals surface area contributed by atoms with Gasteiger partial charge in [-0.15, -0.1) is 0 Å². The summed E-state index contributed by atoms with van der Waals surface area (Å²) in [5.41, 5.74) is 1.64. The van der Waals surface area contributed by atoms with Gasteiger partial charge in [0, 0.05) is 37.0 Å². The first-order chi connectivity index (χ1) is 12.7. The van der Waals surface area contributed by atoms with Crippen LogP contribution in [0.3, 0.4) is 0 Å². The minimum Gasteiger partial charge on any atom is -0.490 e. The summed E-state index contributed by atoms with van der Waals surface area (Å²) < 4.78 is 5.13. The number of aromatic nitrogens is 2. The van der Waals surface area contributed by atoms with Crippen molar-refractivity contribution in [1.82, 2.24) is 14.9 Å². The van der Waals surface area contributed by atoms with Crippen LogP contribution >= 0.6 is 0 Å². The van der Waals surface area contributed by atoms with Crippen LogP contribution in [0.1, 0.15) is 43.4 Å². The fourth-order valence-electron chi connectivity index (χ4n) is 3.28. The third kappa shape index (κ3) is 3.85. The van der Waals surface area contributed by atoms with Crippen LogP contribution < -0.4 is 10.3 Å². The van der Waals surface area contributed by atoms with Gasteiger partial charge in [-0.3, -0.25) is 19.8 Å². The first kappa shape index (κ1) is 19.0. The first-order valence-electron chi connectivity index (χ1n) is 8.86. The maximum atomic E-state index is 12.6. The monoisotopic (exact) mass is 372 g/mol. The summed E-state index contributed by atoms with van der Waals surface area (Å²) in [7, 11) is 1.42. The molecule has 2 heterocycles. The average molecular weight is 372 g/mol. The Bertz CT molecular complexity index is 930. The summed E-state index contributed by atoms with van der Waals surface area (Å²) in [5, 5.41) is 11.5. The Kier molecular flexibility index (Phi) is 5.01. The molecular weight excluding hydrogens is 348 g/mol. The van der Waals surface area contributed by atoms with E-state index in [9.17, 15) is 14.9 Å². The SMILES string of the molecule is COc1cccc(CN2CCc3nc(C(C)(C)C)[nH]c(=O)c3C2)c1[N+](=O)[O-]. The molecule has 1 aliphatic heterocycles. The highest BCUT2D eigenvalue weighted by molar-refractivity contribution is 5.52. The van der Waals surface area contributed by atoms with Gasteiger partial charge in [0.25, 0.3) is 5.56 Å². The van der Waals surface area contributed by atoms with E-state index in [2.05, 4.69) is 9.97 Å². The van der Waals surface area contributed by atoms with E-state index in [1.165, 1.54) is 7.11 Å². The van der Waals surface area contributed by atoms with E-state index in [1.54, 1.807) is 18.2 Å². The molecule has 0 saturated heterocycles. The van der Waals surface area contributed by atoms with Gasteiger partial charge in [0.05, 0.1) is 23.3 Å². The van der Waals surface area contributed by atoms with E-state index in [0.29, 0.717) is 43.0 Å². The molecule has 3 rings (SSSR count). The largest absolute Gasteiger partial charge is 0.490 e. The van der Waals surface area contributed by atoms with Gasteiger partial charge in [-0.05, 0) is 6.07 Å². The molecule has 0 unspecified atom stereocenters. The number of benzene rings is 1. The Morgan fingerprint density at radius 3 is 2.74 bits per heavy atom. The zero-order valence-corrected chi connectivity index (χ0v) is 16.0. The molecule has 0 atom stereocenters. The Morgan fingerprint density at radius 2 is 2.11 bits per heavy atom. The lowest BCUT2D eigenvalue weighted by Crippen LogP contribution is -2.37. The van der Waals surface area contributed by atoms with E-state index in [4.69, 9.17) is 4.74 Å².